The van der Waals surface area contributed by atoms with Gasteiger partial charge >= 0.3 is 0 Å². The first-order chi connectivity index (χ1) is 12.1. The number of nitrogens with zero attached hydrogens (tertiary/aromatic N) is 2. The highest BCUT2D eigenvalue weighted by Gasteiger charge is 2.18. The SMILES string of the molecule is CCNC(=O)c1cc(CN(CCc2ccccc2)C(=O)COC)on1. The van der Waals surface area contributed by atoms with Crippen LogP contribution in [0.5, 0.6) is 0 Å². The lowest BCUT2D eigenvalue weighted by atomic mass is 10.1. The van der Waals surface area contributed by atoms with E-state index in [2.05, 4.69) is 10.5 Å². The molecule has 0 aliphatic carbocycles. The molecule has 1 N–H and O–H groups in total. The third-order valence-corrected chi connectivity index (χ3v) is 3.61. The van der Waals surface area contributed by atoms with E-state index < -0.39 is 0 Å². The molecule has 25 heavy (non-hydrogen) atoms. The second kappa shape index (κ2) is 9.58. The average Bonchev–Trinajstić information content (AvgIpc) is 3.08. The number of methoxy groups -OCH3 is 1. The van der Waals surface area contributed by atoms with Crippen LogP contribution < -0.4 is 5.32 Å². The van der Waals surface area contributed by atoms with E-state index in [0.717, 1.165) is 5.56 Å². The fraction of sp³-hybridized carbons (Fsp3) is 0.389. The Morgan fingerprint density at radius 3 is 2.72 bits per heavy atom. The number of ether oxygens (including phenoxy) is 1. The third kappa shape index (κ3) is 5.72. The van der Waals surface area contributed by atoms with Crippen LogP contribution in [0.1, 0.15) is 28.7 Å². The van der Waals surface area contributed by atoms with Crippen molar-refractivity contribution in [2.75, 3.05) is 26.8 Å². The van der Waals surface area contributed by atoms with Crippen molar-refractivity contribution in [1.82, 2.24) is 15.4 Å². The molecule has 1 heterocycles. The highest BCUT2D eigenvalue weighted by molar-refractivity contribution is 5.92. The normalized spacial score (nSPS) is 10.5. The van der Waals surface area contributed by atoms with Crippen LogP contribution in [0.2, 0.25) is 0 Å². The maximum Gasteiger partial charge on any atom is 0.273 e. The Labute approximate surface area is 146 Å². The van der Waals surface area contributed by atoms with Crippen molar-refractivity contribution in [3.05, 3.63) is 53.4 Å². The van der Waals surface area contributed by atoms with Gasteiger partial charge in [0.1, 0.15) is 6.61 Å². The molecule has 7 nitrogen and oxygen atoms in total. The number of amides is 2. The molecule has 0 unspecified atom stereocenters. The van der Waals surface area contributed by atoms with Crippen molar-refractivity contribution in [2.45, 2.75) is 19.9 Å². The smallest absolute Gasteiger partial charge is 0.273 e. The molecule has 134 valence electrons. The minimum Gasteiger partial charge on any atom is -0.375 e. The third-order valence-electron chi connectivity index (χ3n) is 3.61. The molecule has 0 radical (unpaired) electrons. The molecule has 2 aromatic rings. The first-order valence-corrected chi connectivity index (χ1v) is 8.18. The summed E-state index contributed by atoms with van der Waals surface area (Å²) >= 11 is 0. The van der Waals surface area contributed by atoms with Crippen LogP contribution in [0, 0.1) is 0 Å². The van der Waals surface area contributed by atoms with Gasteiger partial charge in [-0.05, 0) is 18.9 Å². The maximum atomic E-state index is 12.3. The fourth-order valence-corrected chi connectivity index (χ4v) is 2.35. The molecule has 0 bridgehead atoms. The van der Waals surface area contributed by atoms with E-state index in [0.29, 0.717) is 25.3 Å². The monoisotopic (exact) mass is 345 g/mol. The summed E-state index contributed by atoms with van der Waals surface area (Å²) in [5, 5.41) is 6.41. The van der Waals surface area contributed by atoms with E-state index in [1.54, 1.807) is 11.0 Å². The highest BCUT2D eigenvalue weighted by Crippen LogP contribution is 2.10. The molecule has 7 heteroatoms. The first kappa shape index (κ1) is 18.7. The van der Waals surface area contributed by atoms with Gasteiger partial charge in [0.05, 0.1) is 6.54 Å². The second-order valence-corrected chi connectivity index (χ2v) is 5.52. The van der Waals surface area contributed by atoms with Crippen LogP contribution in [0.15, 0.2) is 40.9 Å². The van der Waals surface area contributed by atoms with Crippen molar-refractivity contribution < 1.29 is 18.8 Å². The number of benzene rings is 1. The average molecular weight is 345 g/mol. The van der Waals surface area contributed by atoms with Crippen LogP contribution in [-0.4, -0.2) is 48.7 Å². The Kier molecular flexibility index (Phi) is 7.16. The van der Waals surface area contributed by atoms with E-state index in [4.69, 9.17) is 9.26 Å². The molecule has 0 atom stereocenters. The number of aromatic nitrogens is 1. The van der Waals surface area contributed by atoms with Gasteiger partial charge in [0.15, 0.2) is 11.5 Å². The molecule has 0 saturated heterocycles. The van der Waals surface area contributed by atoms with Crippen molar-refractivity contribution in [2.24, 2.45) is 0 Å². The van der Waals surface area contributed by atoms with Crippen LogP contribution in [-0.2, 0) is 22.5 Å². The summed E-state index contributed by atoms with van der Waals surface area (Å²) in [5.74, 6) is 0.0183. The summed E-state index contributed by atoms with van der Waals surface area (Å²) in [5.41, 5.74) is 1.34. The standard InChI is InChI=1S/C18H23N3O4/c1-3-19-18(23)16-11-15(25-20-16)12-21(17(22)13-24-2)10-9-14-7-5-4-6-8-14/h4-8,11H,3,9-10,12-13H2,1-2H3,(H,19,23). The summed E-state index contributed by atoms with van der Waals surface area (Å²) in [7, 11) is 1.48. The Hall–Kier alpha value is -2.67. The Balaban J connectivity index is 2.02. The molecular weight excluding hydrogens is 322 g/mol. The lowest BCUT2D eigenvalue weighted by Crippen LogP contribution is -2.35. The minimum absolute atomic E-state index is 0.00783. The van der Waals surface area contributed by atoms with Crippen LogP contribution in [0.25, 0.3) is 0 Å². The molecule has 2 rings (SSSR count). The predicted octanol–water partition coefficient (Wildman–Crippen LogP) is 1.64. The van der Waals surface area contributed by atoms with Crippen molar-refractivity contribution in [1.29, 1.82) is 0 Å². The summed E-state index contributed by atoms with van der Waals surface area (Å²) in [4.78, 5) is 25.7. The maximum absolute atomic E-state index is 12.3. The number of carbonyl (C=O) groups excluding carboxylic acids is 2. The van der Waals surface area contributed by atoms with Gasteiger partial charge in [0, 0.05) is 26.3 Å². The van der Waals surface area contributed by atoms with Crippen molar-refractivity contribution in [3.8, 4) is 0 Å². The van der Waals surface area contributed by atoms with Crippen molar-refractivity contribution >= 4 is 11.8 Å². The van der Waals surface area contributed by atoms with E-state index in [9.17, 15) is 9.59 Å². The summed E-state index contributed by atoms with van der Waals surface area (Å²) in [6.45, 7) is 3.08. The summed E-state index contributed by atoms with van der Waals surface area (Å²) < 4.78 is 10.1. The quantitative estimate of drug-likeness (QED) is 0.747. The van der Waals surface area contributed by atoms with Gasteiger partial charge in [-0.1, -0.05) is 35.5 Å². The van der Waals surface area contributed by atoms with Gasteiger partial charge in [-0.3, -0.25) is 9.59 Å². The molecule has 0 saturated carbocycles. The molecular formula is C18H23N3O4. The molecule has 1 aromatic heterocycles. The zero-order valence-electron chi connectivity index (χ0n) is 14.5. The lowest BCUT2D eigenvalue weighted by Gasteiger charge is -2.21. The molecule has 0 fully saturated rings. The van der Waals surface area contributed by atoms with Gasteiger partial charge in [-0.2, -0.15) is 0 Å². The number of nitrogens with one attached hydrogen (secondary N) is 1. The Bertz CT molecular complexity index is 685. The van der Waals surface area contributed by atoms with E-state index in [-0.39, 0.29) is 30.7 Å². The lowest BCUT2D eigenvalue weighted by molar-refractivity contribution is -0.136. The molecule has 1 aromatic carbocycles. The van der Waals surface area contributed by atoms with Gasteiger partial charge in [-0.25, -0.2) is 0 Å². The topological polar surface area (TPSA) is 84.7 Å². The number of carbonyl (C=O) groups is 2. The minimum atomic E-state index is -0.295. The van der Waals surface area contributed by atoms with Crippen LogP contribution in [0.3, 0.4) is 0 Å². The fourth-order valence-electron chi connectivity index (χ4n) is 2.35. The van der Waals surface area contributed by atoms with Gasteiger partial charge < -0.3 is 19.5 Å². The van der Waals surface area contributed by atoms with Crippen LogP contribution in [0.4, 0.5) is 0 Å². The number of rotatable bonds is 9. The van der Waals surface area contributed by atoms with Gasteiger partial charge in [0.2, 0.25) is 5.91 Å². The van der Waals surface area contributed by atoms with E-state index >= 15 is 0 Å². The van der Waals surface area contributed by atoms with Crippen LogP contribution >= 0.6 is 0 Å². The van der Waals surface area contributed by atoms with Gasteiger partial charge in [-0.15, -0.1) is 0 Å². The number of hydrogen-bond acceptors (Lipinski definition) is 5. The second-order valence-electron chi connectivity index (χ2n) is 5.52. The Morgan fingerprint density at radius 2 is 2.04 bits per heavy atom. The largest absolute Gasteiger partial charge is 0.375 e. The molecule has 0 spiro atoms. The van der Waals surface area contributed by atoms with Gasteiger partial charge in [0.25, 0.3) is 5.91 Å². The zero-order valence-corrected chi connectivity index (χ0v) is 14.5. The zero-order chi connectivity index (χ0) is 18.1. The molecule has 2 amide bonds. The first-order valence-electron chi connectivity index (χ1n) is 8.18. The highest BCUT2D eigenvalue weighted by atomic mass is 16.5. The van der Waals surface area contributed by atoms with E-state index in [1.807, 2.05) is 37.3 Å². The van der Waals surface area contributed by atoms with Crippen molar-refractivity contribution in [3.63, 3.8) is 0 Å². The predicted molar refractivity (Wildman–Crippen MR) is 91.9 cm³/mol. The Morgan fingerprint density at radius 1 is 1.28 bits per heavy atom. The summed E-state index contributed by atoms with van der Waals surface area (Å²) in [6.07, 6.45) is 0.716. The summed E-state index contributed by atoms with van der Waals surface area (Å²) in [6, 6.07) is 11.5. The molecule has 0 aliphatic rings. The molecule has 0 aliphatic heterocycles. The number of hydrogen-bond donors (Lipinski definition) is 1. The van der Waals surface area contributed by atoms with E-state index in [1.165, 1.54) is 7.11 Å².